The lowest BCUT2D eigenvalue weighted by atomic mass is 10.1. The van der Waals surface area contributed by atoms with Crippen LogP contribution in [-0.4, -0.2) is 24.0 Å². The van der Waals surface area contributed by atoms with Crippen LogP contribution in [0.1, 0.15) is 37.8 Å². The van der Waals surface area contributed by atoms with Crippen molar-refractivity contribution < 1.29 is 9.53 Å². The van der Waals surface area contributed by atoms with Gasteiger partial charge in [-0.3, -0.25) is 9.78 Å². The summed E-state index contributed by atoms with van der Waals surface area (Å²) in [4.78, 5) is 16.2. The monoisotopic (exact) mass is 364 g/mol. The van der Waals surface area contributed by atoms with E-state index in [1.54, 1.807) is 25.5 Å². The van der Waals surface area contributed by atoms with Gasteiger partial charge >= 0.3 is 0 Å². The molecule has 0 aliphatic heterocycles. The molecule has 0 saturated heterocycles. The van der Waals surface area contributed by atoms with Gasteiger partial charge in [0, 0.05) is 24.5 Å². The van der Waals surface area contributed by atoms with Crippen molar-refractivity contribution in [2.24, 2.45) is 0 Å². The van der Waals surface area contributed by atoms with Crippen molar-refractivity contribution in [1.29, 1.82) is 0 Å². The van der Waals surface area contributed by atoms with Crippen LogP contribution in [0.5, 0.6) is 5.75 Å². The predicted molar refractivity (Wildman–Crippen MR) is 111 cm³/mol. The van der Waals surface area contributed by atoms with E-state index in [0.717, 1.165) is 36.1 Å². The molecule has 4 heteroatoms. The van der Waals surface area contributed by atoms with E-state index < -0.39 is 0 Å². The predicted octanol–water partition coefficient (Wildman–Crippen LogP) is 4.58. The number of aryl methyl sites for hydroxylation is 1. The number of nitrogens with one attached hydrogen (secondary N) is 1. The number of nitrogens with zero attached hydrogens (tertiary/aromatic N) is 1. The third-order valence-corrected chi connectivity index (χ3v) is 4.35. The molecule has 2 rings (SSSR count). The number of carbonyl (C=O) groups excluding carboxylic acids is 1. The molecular weight excluding hydrogens is 336 g/mol. The Morgan fingerprint density at radius 1 is 1.26 bits per heavy atom. The smallest absolute Gasteiger partial charge is 0.244 e. The first-order valence-corrected chi connectivity index (χ1v) is 9.27. The summed E-state index contributed by atoms with van der Waals surface area (Å²) in [6, 6.07) is 12.0. The minimum absolute atomic E-state index is 0.0670. The first-order valence-electron chi connectivity index (χ1n) is 9.27. The molecule has 0 unspecified atom stereocenters. The number of rotatable bonds is 9. The molecule has 2 aromatic rings. The Kier molecular flexibility index (Phi) is 8.30. The highest BCUT2D eigenvalue weighted by Gasteiger charge is 2.04. The highest BCUT2D eigenvalue weighted by Crippen LogP contribution is 2.18. The van der Waals surface area contributed by atoms with Crippen LogP contribution in [0.3, 0.4) is 0 Å². The Labute approximate surface area is 162 Å². The van der Waals surface area contributed by atoms with E-state index in [0.29, 0.717) is 0 Å². The summed E-state index contributed by atoms with van der Waals surface area (Å²) in [6.07, 6.45) is 11.9. The summed E-state index contributed by atoms with van der Waals surface area (Å²) in [6.45, 7) is 4.05. The fraction of sp³-hybridized carbons (Fsp3) is 0.304. The van der Waals surface area contributed by atoms with Crippen LogP contribution in [0.15, 0.2) is 67.0 Å². The molecule has 0 bridgehead atoms. The summed E-state index contributed by atoms with van der Waals surface area (Å²) in [5, 5.41) is 3.01. The van der Waals surface area contributed by atoms with E-state index in [1.165, 1.54) is 5.56 Å². The second-order valence-electron chi connectivity index (χ2n) is 6.60. The molecule has 1 aromatic heterocycles. The maximum absolute atomic E-state index is 12.0. The van der Waals surface area contributed by atoms with E-state index in [1.807, 2.05) is 56.5 Å². The van der Waals surface area contributed by atoms with Crippen molar-refractivity contribution in [1.82, 2.24) is 10.3 Å². The Morgan fingerprint density at radius 3 is 2.70 bits per heavy atom. The highest BCUT2D eigenvalue weighted by molar-refractivity contribution is 5.88. The molecule has 0 aliphatic carbocycles. The molecule has 27 heavy (non-hydrogen) atoms. The highest BCUT2D eigenvalue weighted by atomic mass is 16.5. The van der Waals surface area contributed by atoms with Gasteiger partial charge in [0.05, 0.1) is 7.11 Å². The van der Waals surface area contributed by atoms with Crippen LogP contribution in [0.25, 0.3) is 5.57 Å². The molecule has 142 valence electrons. The van der Waals surface area contributed by atoms with Crippen molar-refractivity contribution in [3.05, 3.63) is 78.1 Å². The lowest BCUT2D eigenvalue weighted by Crippen LogP contribution is -2.31. The summed E-state index contributed by atoms with van der Waals surface area (Å²) < 4.78 is 5.16. The van der Waals surface area contributed by atoms with Gasteiger partial charge in [-0.25, -0.2) is 0 Å². The van der Waals surface area contributed by atoms with Gasteiger partial charge in [-0.15, -0.1) is 0 Å². The van der Waals surface area contributed by atoms with Crippen LogP contribution in [0.2, 0.25) is 0 Å². The quantitative estimate of drug-likeness (QED) is 0.523. The number of ether oxygens (including phenoxy) is 1. The number of methoxy groups -OCH3 is 1. The van der Waals surface area contributed by atoms with E-state index in [2.05, 4.69) is 16.4 Å². The van der Waals surface area contributed by atoms with E-state index in [-0.39, 0.29) is 11.9 Å². The number of allylic oxidation sites excluding steroid dienone is 3. The number of hydrogen-bond donors (Lipinski definition) is 1. The van der Waals surface area contributed by atoms with Crippen molar-refractivity contribution in [3.63, 3.8) is 0 Å². The summed E-state index contributed by atoms with van der Waals surface area (Å²) in [5.74, 6) is 0.765. The molecule has 0 fully saturated rings. The maximum atomic E-state index is 12.0. The number of benzene rings is 1. The molecule has 4 nitrogen and oxygen atoms in total. The van der Waals surface area contributed by atoms with Crippen LogP contribution in [0, 0.1) is 0 Å². The average Bonchev–Trinajstić information content (AvgIpc) is 2.68. The van der Waals surface area contributed by atoms with Gasteiger partial charge in [0.2, 0.25) is 5.91 Å². The molecule has 1 N–H and O–H groups in total. The zero-order valence-corrected chi connectivity index (χ0v) is 16.3. The van der Waals surface area contributed by atoms with Gasteiger partial charge in [-0.05, 0) is 68.0 Å². The van der Waals surface area contributed by atoms with Gasteiger partial charge < -0.3 is 10.1 Å². The summed E-state index contributed by atoms with van der Waals surface area (Å²) >= 11 is 0. The Balaban J connectivity index is 1.74. The van der Waals surface area contributed by atoms with Crippen molar-refractivity contribution in [2.75, 3.05) is 7.11 Å². The number of pyridine rings is 1. The topological polar surface area (TPSA) is 51.2 Å². The zero-order chi connectivity index (χ0) is 19.5. The lowest BCUT2D eigenvalue weighted by molar-refractivity contribution is -0.117. The number of amides is 1. The lowest BCUT2D eigenvalue weighted by Gasteiger charge is -2.12. The fourth-order valence-corrected chi connectivity index (χ4v) is 2.75. The van der Waals surface area contributed by atoms with Crippen LogP contribution in [0.4, 0.5) is 0 Å². The number of hydrogen-bond acceptors (Lipinski definition) is 3. The van der Waals surface area contributed by atoms with Crippen molar-refractivity contribution in [3.8, 4) is 5.75 Å². The largest absolute Gasteiger partial charge is 0.497 e. The molecule has 0 saturated carbocycles. The Morgan fingerprint density at radius 2 is 2.04 bits per heavy atom. The van der Waals surface area contributed by atoms with Crippen LogP contribution >= 0.6 is 0 Å². The van der Waals surface area contributed by atoms with E-state index in [9.17, 15) is 4.79 Å². The van der Waals surface area contributed by atoms with Crippen LogP contribution in [-0.2, 0) is 11.2 Å². The molecule has 1 heterocycles. The normalized spacial score (nSPS) is 12.8. The fourth-order valence-electron chi connectivity index (χ4n) is 2.75. The average molecular weight is 364 g/mol. The first-order chi connectivity index (χ1) is 13.1. The number of aromatic nitrogens is 1. The van der Waals surface area contributed by atoms with E-state index >= 15 is 0 Å². The number of carbonyl (C=O) groups is 1. The maximum Gasteiger partial charge on any atom is 0.244 e. The Hall–Kier alpha value is -2.88. The molecule has 0 spiro atoms. The molecule has 1 atom stereocenters. The second-order valence-corrected chi connectivity index (χ2v) is 6.60. The van der Waals surface area contributed by atoms with Gasteiger partial charge in [0.25, 0.3) is 0 Å². The molecular formula is C23H28N2O2. The molecule has 0 radical (unpaired) electrons. The minimum atomic E-state index is -0.0670. The molecule has 1 amide bonds. The van der Waals surface area contributed by atoms with Gasteiger partial charge in [-0.2, -0.15) is 0 Å². The molecule has 0 aliphatic rings. The third-order valence-electron chi connectivity index (χ3n) is 4.35. The van der Waals surface area contributed by atoms with E-state index in [4.69, 9.17) is 4.74 Å². The summed E-state index contributed by atoms with van der Waals surface area (Å²) in [5.41, 5.74) is 3.42. The van der Waals surface area contributed by atoms with Crippen molar-refractivity contribution >= 4 is 11.5 Å². The molecule has 1 aromatic carbocycles. The SMILES string of the molecule is COc1ccc(C(C)=CC=CC(=O)N[C@H](C)CCCc2cccnc2)cc1. The zero-order valence-electron chi connectivity index (χ0n) is 16.3. The minimum Gasteiger partial charge on any atom is -0.497 e. The van der Waals surface area contributed by atoms with Gasteiger partial charge in [0.1, 0.15) is 5.75 Å². The van der Waals surface area contributed by atoms with Gasteiger partial charge in [0.15, 0.2) is 0 Å². The standard InChI is InChI=1S/C23H28N2O2/c1-18(21-12-14-22(27-3)15-13-21)7-4-11-23(26)25-19(2)8-5-9-20-10-6-16-24-17-20/h4,6-7,10-17,19H,5,8-9H2,1-3H3,(H,25,26)/t19-/m1/s1. The second kappa shape index (κ2) is 11.0. The van der Waals surface area contributed by atoms with Gasteiger partial charge in [-0.1, -0.05) is 30.4 Å². The third kappa shape index (κ3) is 7.48. The summed E-state index contributed by atoms with van der Waals surface area (Å²) in [7, 11) is 1.65. The first kappa shape index (κ1) is 20.4. The van der Waals surface area contributed by atoms with Crippen molar-refractivity contribution in [2.45, 2.75) is 39.2 Å². The van der Waals surface area contributed by atoms with Crippen LogP contribution < -0.4 is 10.1 Å². The Bertz CT molecular complexity index is 765.